The lowest BCUT2D eigenvalue weighted by molar-refractivity contribution is 0.210. The van der Waals surface area contributed by atoms with Crippen LogP contribution in [-0.2, 0) is 0 Å². The van der Waals surface area contributed by atoms with Crippen molar-refractivity contribution in [3.8, 4) is 0 Å². The summed E-state index contributed by atoms with van der Waals surface area (Å²) in [6.07, 6.45) is 5.92. The summed E-state index contributed by atoms with van der Waals surface area (Å²) in [5, 5.41) is 0. The molecule has 2 saturated heterocycles. The minimum absolute atomic E-state index is 0.573. The second-order valence-electron chi connectivity index (χ2n) is 3.41. The highest BCUT2D eigenvalue weighted by molar-refractivity contribution is 7.97. The third kappa shape index (κ3) is 2.13. The zero-order chi connectivity index (χ0) is 8.23. The van der Waals surface area contributed by atoms with Crippen LogP contribution in [0.3, 0.4) is 0 Å². The lowest BCUT2D eigenvalue weighted by atomic mass is 10.2. The fourth-order valence-corrected chi connectivity index (χ4v) is 2.89. The highest BCUT2D eigenvalue weighted by atomic mass is 32.2. The van der Waals surface area contributed by atoms with Gasteiger partial charge >= 0.3 is 0 Å². The highest BCUT2D eigenvalue weighted by Crippen LogP contribution is 2.23. The first-order valence-corrected chi connectivity index (χ1v) is 5.79. The number of hydrogen-bond donors (Lipinski definition) is 2. The second-order valence-corrected chi connectivity index (χ2v) is 4.55. The molecule has 0 radical (unpaired) electrons. The average Bonchev–Trinajstić information content (AvgIpc) is 2.21. The predicted octanol–water partition coefficient (Wildman–Crippen LogP) is 0.945. The van der Waals surface area contributed by atoms with Crippen molar-refractivity contribution in [1.82, 2.24) is 15.2 Å². The van der Waals surface area contributed by atoms with Crippen LogP contribution in [0.1, 0.15) is 25.7 Å². The first-order valence-electron chi connectivity index (χ1n) is 4.85. The standard InChI is InChI=1S/C8H17N3S/c1-2-7-12-11(6-1)8-4-3-5-9-10-8/h8-10H,1-7H2. The molecule has 2 fully saturated rings. The molecule has 0 aromatic rings. The van der Waals surface area contributed by atoms with Crippen molar-refractivity contribution in [1.29, 1.82) is 0 Å². The van der Waals surface area contributed by atoms with Crippen molar-refractivity contribution in [2.75, 3.05) is 18.8 Å². The van der Waals surface area contributed by atoms with Gasteiger partial charge in [-0.25, -0.2) is 9.73 Å². The Morgan fingerprint density at radius 1 is 1.25 bits per heavy atom. The molecule has 0 aromatic carbocycles. The maximum atomic E-state index is 3.34. The molecule has 0 aliphatic carbocycles. The van der Waals surface area contributed by atoms with Crippen molar-refractivity contribution in [2.45, 2.75) is 31.8 Å². The van der Waals surface area contributed by atoms with Gasteiger partial charge in [0.05, 0.1) is 6.17 Å². The summed E-state index contributed by atoms with van der Waals surface area (Å²) in [6.45, 7) is 2.37. The van der Waals surface area contributed by atoms with Gasteiger partial charge < -0.3 is 0 Å². The number of rotatable bonds is 1. The molecule has 12 heavy (non-hydrogen) atoms. The van der Waals surface area contributed by atoms with E-state index < -0.39 is 0 Å². The molecule has 2 aliphatic heterocycles. The van der Waals surface area contributed by atoms with E-state index in [1.54, 1.807) is 0 Å². The van der Waals surface area contributed by atoms with E-state index in [0.717, 1.165) is 6.54 Å². The van der Waals surface area contributed by atoms with E-state index in [0.29, 0.717) is 6.17 Å². The van der Waals surface area contributed by atoms with Gasteiger partial charge in [-0.05, 0) is 25.7 Å². The largest absolute Gasteiger partial charge is 0.256 e. The van der Waals surface area contributed by atoms with Gasteiger partial charge in [-0.1, -0.05) is 11.9 Å². The molecule has 2 rings (SSSR count). The quantitative estimate of drug-likeness (QED) is 0.598. The molecule has 2 N–H and O–H groups in total. The first-order chi connectivity index (χ1) is 5.97. The van der Waals surface area contributed by atoms with E-state index >= 15 is 0 Å². The molecule has 70 valence electrons. The van der Waals surface area contributed by atoms with Crippen LogP contribution in [0.25, 0.3) is 0 Å². The normalized spacial score (nSPS) is 33.5. The number of nitrogens with one attached hydrogen (secondary N) is 2. The fourth-order valence-electron chi connectivity index (χ4n) is 1.72. The second kappa shape index (κ2) is 4.46. The van der Waals surface area contributed by atoms with Crippen LogP contribution >= 0.6 is 11.9 Å². The van der Waals surface area contributed by atoms with Crippen molar-refractivity contribution in [3.63, 3.8) is 0 Å². The van der Waals surface area contributed by atoms with E-state index in [1.807, 2.05) is 11.9 Å². The van der Waals surface area contributed by atoms with Crippen LogP contribution in [0.15, 0.2) is 0 Å². The van der Waals surface area contributed by atoms with Gasteiger partial charge in [-0.2, -0.15) is 0 Å². The van der Waals surface area contributed by atoms with Gasteiger partial charge in [0.15, 0.2) is 0 Å². The Kier molecular flexibility index (Phi) is 3.28. The Hall–Kier alpha value is 0.230. The van der Waals surface area contributed by atoms with Crippen LogP contribution < -0.4 is 10.9 Å². The van der Waals surface area contributed by atoms with Gasteiger partial charge in [0.25, 0.3) is 0 Å². The summed E-state index contributed by atoms with van der Waals surface area (Å²) in [5.74, 6) is 1.30. The van der Waals surface area contributed by atoms with Crippen LogP contribution in [0.5, 0.6) is 0 Å². The van der Waals surface area contributed by atoms with E-state index in [4.69, 9.17) is 0 Å². The monoisotopic (exact) mass is 187 g/mol. The zero-order valence-electron chi connectivity index (χ0n) is 7.38. The summed E-state index contributed by atoms with van der Waals surface area (Å²) in [6, 6.07) is 0. The molecule has 0 spiro atoms. The van der Waals surface area contributed by atoms with E-state index in [9.17, 15) is 0 Å². The molecular formula is C8H17N3S. The molecule has 0 aromatic heterocycles. The topological polar surface area (TPSA) is 27.3 Å². The summed E-state index contributed by atoms with van der Waals surface area (Å²) >= 11 is 2.00. The Balaban J connectivity index is 1.80. The Bertz CT molecular complexity index is 114. The van der Waals surface area contributed by atoms with E-state index in [-0.39, 0.29) is 0 Å². The van der Waals surface area contributed by atoms with Gasteiger partial charge in [-0.3, -0.25) is 5.43 Å². The van der Waals surface area contributed by atoms with Crippen LogP contribution in [0, 0.1) is 0 Å². The first kappa shape index (κ1) is 8.81. The van der Waals surface area contributed by atoms with Gasteiger partial charge in [0.1, 0.15) is 0 Å². The molecule has 2 aliphatic rings. The van der Waals surface area contributed by atoms with Gasteiger partial charge in [0, 0.05) is 18.8 Å². The lowest BCUT2D eigenvalue weighted by Crippen LogP contribution is -2.53. The molecule has 0 amide bonds. The van der Waals surface area contributed by atoms with E-state index in [2.05, 4.69) is 15.2 Å². The van der Waals surface area contributed by atoms with Gasteiger partial charge in [0.2, 0.25) is 0 Å². The molecule has 0 saturated carbocycles. The summed E-state index contributed by atoms with van der Waals surface area (Å²) in [5.41, 5.74) is 6.57. The molecule has 1 atom stereocenters. The molecule has 1 unspecified atom stereocenters. The molecule has 3 nitrogen and oxygen atoms in total. The fraction of sp³-hybridized carbons (Fsp3) is 1.00. The van der Waals surface area contributed by atoms with Crippen molar-refractivity contribution >= 4 is 11.9 Å². The smallest absolute Gasteiger partial charge is 0.0824 e. The Morgan fingerprint density at radius 3 is 2.92 bits per heavy atom. The number of hydrogen-bond acceptors (Lipinski definition) is 4. The summed E-state index contributed by atoms with van der Waals surface area (Å²) < 4.78 is 2.50. The minimum atomic E-state index is 0.573. The summed E-state index contributed by atoms with van der Waals surface area (Å²) in [7, 11) is 0. The Labute approximate surface area is 78.4 Å². The number of hydrazine groups is 1. The Morgan fingerprint density at radius 2 is 2.25 bits per heavy atom. The highest BCUT2D eigenvalue weighted by Gasteiger charge is 2.22. The molecule has 0 bridgehead atoms. The zero-order valence-corrected chi connectivity index (χ0v) is 8.20. The number of nitrogens with zero attached hydrogens (tertiary/aromatic N) is 1. The van der Waals surface area contributed by atoms with Crippen molar-refractivity contribution < 1.29 is 0 Å². The van der Waals surface area contributed by atoms with Gasteiger partial charge in [-0.15, -0.1) is 0 Å². The van der Waals surface area contributed by atoms with Crippen molar-refractivity contribution in [2.24, 2.45) is 0 Å². The third-order valence-corrected chi connectivity index (χ3v) is 3.67. The molecule has 2 heterocycles. The molecular weight excluding hydrogens is 170 g/mol. The predicted molar refractivity (Wildman–Crippen MR) is 52.6 cm³/mol. The van der Waals surface area contributed by atoms with E-state index in [1.165, 1.54) is 38.0 Å². The van der Waals surface area contributed by atoms with Crippen LogP contribution in [-0.4, -0.2) is 29.3 Å². The third-order valence-electron chi connectivity index (χ3n) is 2.43. The average molecular weight is 187 g/mol. The van der Waals surface area contributed by atoms with Crippen LogP contribution in [0.2, 0.25) is 0 Å². The molecule has 4 heteroatoms. The lowest BCUT2D eigenvalue weighted by Gasteiger charge is -2.36. The SMILES string of the molecule is C1CCN(C2CCCNN2)SC1. The summed E-state index contributed by atoms with van der Waals surface area (Å²) in [4.78, 5) is 0. The maximum Gasteiger partial charge on any atom is 0.0824 e. The maximum absolute atomic E-state index is 3.34. The van der Waals surface area contributed by atoms with Crippen molar-refractivity contribution in [3.05, 3.63) is 0 Å². The van der Waals surface area contributed by atoms with Crippen LogP contribution in [0.4, 0.5) is 0 Å². The minimum Gasteiger partial charge on any atom is -0.256 e.